The number of likely N-dealkylation sites (tertiary alicyclic amines) is 1. The van der Waals surface area contributed by atoms with Crippen LogP contribution in [-0.2, 0) is 9.59 Å². The van der Waals surface area contributed by atoms with Crippen molar-refractivity contribution in [1.29, 1.82) is 0 Å². The molecule has 1 aliphatic heterocycles. The van der Waals surface area contributed by atoms with Gasteiger partial charge in [0.2, 0.25) is 5.91 Å². The fourth-order valence-electron chi connectivity index (χ4n) is 3.15. The summed E-state index contributed by atoms with van der Waals surface area (Å²) in [5.41, 5.74) is 0.585. The molecule has 2 aliphatic rings. The fourth-order valence-corrected chi connectivity index (χ4v) is 3.15. The molecule has 1 aromatic rings. The number of rotatable bonds is 8. The third-order valence-corrected chi connectivity index (χ3v) is 4.69. The minimum absolute atomic E-state index is 0.0450. The van der Waals surface area contributed by atoms with E-state index >= 15 is 0 Å². The first-order valence-electron chi connectivity index (χ1n) is 8.81. The number of nitrogens with zero attached hydrogens (tertiary/aromatic N) is 1. The molecular weight excluding hydrogens is 362 g/mol. The topological polar surface area (TPSA) is 88.1 Å². The van der Waals surface area contributed by atoms with E-state index in [1.165, 1.54) is 17.9 Å². The van der Waals surface area contributed by atoms with Crippen LogP contribution in [0.4, 0.5) is 14.5 Å². The Morgan fingerprint density at radius 2 is 2.07 bits per heavy atom. The number of halogens is 2. The summed E-state index contributed by atoms with van der Waals surface area (Å²) in [4.78, 5) is 24.3. The second kappa shape index (κ2) is 7.98. The van der Waals surface area contributed by atoms with Gasteiger partial charge in [-0.2, -0.15) is 8.78 Å². The minimum Gasteiger partial charge on any atom is -0.489 e. The molecule has 0 spiro atoms. The lowest BCUT2D eigenvalue weighted by Crippen LogP contribution is -2.39. The predicted octanol–water partition coefficient (Wildman–Crippen LogP) is 2.56. The van der Waals surface area contributed by atoms with Crippen molar-refractivity contribution in [1.82, 2.24) is 4.90 Å². The summed E-state index contributed by atoms with van der Waals surface area (Å²) in [5.74, 6) is -0.749. The maximum absolute atomic E-state index is 12.6. The first-order valence-corrected chi connectivity index (χ1v) is 8.81. The van der Waals surface area contributed by atoms with Gasteiger partial charge in [-0.25, -0.2) is 4.79 Å². The predicted molar refractivity (Wildman–Crippen MR) is 92.1 cm³/mol. The van der Waals surface area contributed by atoms with E-state index in [-0.39, 0.29) is 36.4 Å². The first-order chi connectivity index (χ1) is 12.8. The number of hydrogen-bond acceptors (Lipinski definition) is 5. The lowest BCUT2D eigenvalue weighted by atomic mass is 10.1. The molecule has 3 rings (SSSR count). The lowest BCUT2D eigenvalue weighted by molar-refractivity contribution is -0.147. The number of carbonyl (C=O) groups is 2. The van der Waals surface area contributed by atoms with Crippen LogP contribution in [0.15, 0.2) is 18.2 Å². The number of amides is 1. The second-order valence-corrected chi connectivity index (χ2v) is 6.90. The highest BCUT2D eigenvalue weighted by Gasteiger charge is 2.38. The number of alkyl halides is 2. The molecule has 1 saturated carbocycles. The Bertz CT molecular complexity index is 689. The average Bonchev–Trinajstić information content (AvgIpc) is 3.32. The zero-order valence-electron chi connectivity index (χ0n) is 14.9. The standard InChI is InChI=1S/C18H22F2N2O5/c1-10(23)22-8-13(6-14(22)17(24)25)21-12-4-5-15(27-18(19)20)16(7-12)26-9-11-2-3-11/h4-5,7,11,13-14,18,21H,2-3,6,8-9H2,1H3,(H,24,25)/t13-,14+/m0/s1. The SMILES string of the molecule is CC(=O)N1C[C@@H](Nc2ccc(OC(F)F)c(OCC3CC3)c2)C[C@@H]1C(=O)O. The number of carbonyl (C=O) groups excluding carboxylic acids is 1. The van der Waals surface area contributed by atoms with Crippen molar-refractivity contribution in [2.75, 3.05) is 18.5 Å². The molecule has 0 bridgehead atoms. The molecule has 2 fully saturated rings. The highest BCUT2D eigenvalue weighted by atomic mass is 19.3. The van der Waals surface area contributed by atoms with E-state index in [0.717, 1.165) is 12.8 Å². The zero-order valence-corrected chi connectivity index (χ0v) is 14.9. The van der Waals surface area contributed by atoms with Gasteiger partial charge < -0.3 is 24.8 Å². The van der Waals surface area contributed by atoms with E-state index in [2.05, 4.69) is 10.1 Å². The molecular formula is C18H22F2N2O5. The fraction of sp³-hybridized carbons (Fsp3) is 0.556. The molecule has 1 saturated heterocycles. The van der Waals surface area contributed by atoms with Crippen molar-refractivity contribution < 1.29 is 33.0 Å². The van der Waals surface area contributed by atoms with Crippen LogP contribution in [0.1, 0.15) is 26.2 Å². The van der Waals surface area contributed by atoms with Crippen LogP contribution in [-0.4, -0.2) is 53.7 Å². The molecule has 7 nitrogen and oxygen atoms in total. The number of benzene rings is 1. The third kappa shape index (κ3) is 4.99. The molecule has 0 radical (unpaired) electrons. The number of nitrogens with one attached hydrogen (secondary N) is 1. The highest BCUT2D eigenvalue weighted by Crippen LogP contribution is 2.36. The van der Waals surface area contributed by atoms with Crippen LogP contribution >= 0.6 is 0 Å². The van der Waals surface area contributed by atoms with Gasteiger partial charge in [0.15, 0.2) is 11.5 Å². The molecule has 1 amide bonds. The van der Waals surface area contributed by atoms with Crippen molar-refractivity contribution in [2.24, 2.45) is 5.92 Å². The van der Waals surface area contributed by atoms with Crippen molar-refractivity contribution in [3.8, 4) is 11.5 Å². The van der Waals surface area contributed by atoms with Gasteiger partial charge in [-0.15, -0.1) is 0 Å². The van der Waals surface area contributed by atoms with Crippen molar-refractivity contribution in [3.63, 3.8) is 0 Å². The lowest BCUT2D eigenvalue weighted by Gasteiger charge is -2.19. The quantitative estimate of drug-likeness (QED) is 0.716. The van der Waals surface area contributed by atoms with Crippen LogP contribution in [0.3, 0.4) is 0 Å². The van der Waals surface area contributed by atoms with E-state index in [4.69, 9.17) is 4.74 Å². The number of anilines is 1. The molecule has 0 aromatic heterocycles. The van der Waals surface area contributed by atoms with Gasteiger partial charge in [-0.05, 0) is 30.9 Å². The highest BCUT2D eigenvalue weighted by molar-refractivity contribution is 5.83. The molecule has 148 valence electrons. The molecule has 2 N–H and O–H groups in total. The number of aliphatic carboxylic acids is 1. The van der Waals surface area contributed by atoms with E-state index in [0.29, 0.717) is 18.2 Å². The van der Waals surface area contributed by atoms with Gasteiger partial charge in [0.25, 0.3) is 0 Å². The summed E-state index contributed by atoms with van der Waals surface area (Å²) in [6, 6.07) is 3.36. The normalized spacial score (nSPS) is 22.0. The molecule has 1 heterocycles. The third-order valence-electron chi connectivity index (χ3n) is 4.69. The van der Waals surface area contributed by atoms with E-state index in [1.807, 2.05) is 0 Å². The smallest absolute Gasteiger partial charge is 0.387 e. The number of ether oxygens (including phenoxy) is 2. The molecule has 27 heavy (non-hydrogen) atoms. The summed E-state index contributed by atoms with van der Waals surface area (Å²) >= 11 is 0. The molecule has 2 atom stereocenters. The Morgan fingerprint density at radius 3 is 2.63 bits per heavy atom. The summed E-state index contributed by atoms with van der Waals surface area (Å²) < 4.78 is 35.3. The van der Waals surface area contributed by atoms with Crippen LogP contribution in [0.5, 0.6) is 11.5 Å². The van der Waals surface area contributed by atoms with Crippen molar-refractivity contribution >= 4 is 17.6 Å². The summed E-state index contributed by atoms with van der Waals surface area (Å²) in [5, 5.41) is 12.4. The van der Waals surface area contributed by atoms with Crippen molar-refractivity contribution in [3.05, 3.63) is 18.2 Å². The van der Waals surface area contributed by atoms with Gasteiger partial charge >= 0.3 is 12.6 Å². The zero-order chi connectivity index (χ0) is 19.6. The van der Waals surface area contributed by atoms with Gasteiger partial charge in [0, 0.05) is 37.7 Å². The number of carboxylic acids is 1. The summed E-state index contributed by atoms with van der Waals surface area (Å²) in [6.45, 7) is -0.938. The maximum atomic E-state index is 12.6. The van der Waals surface area contributed by atoms with Crippen LogP contribution in [0.2, 0.25) is 0 Å². The molecule has 1 aliphatic carbocycles. The van der Waals surface area contributed by atoms with Crippen LogP contribution in [0.25, 0.3) is 0 Å². The van der Waals surface area contributed by atoms with E-state index < -0.39 is 18.6 Å². The van der Waals surface area contributed by atoms with Gasteiger partial charge in [-0.1, -0.05) is 0 Å². The monoisotopic (exact) mass is 384 g/mol. The summed E-state index contributed by atoms with van der Waals surface area (Å²) in [6.07, 6.45) is 2.37. The summed E-state index contributed by atoms with van der Waals surface area (Å²) in [7, 11) is 0. The molecule has 0 unspecified atom stereocenters. The molecule has 1 aromatic carbocycles. The Kier molecular flexibility index (Phi) is 5.67. The van der Waals surface area contributed by atoms with Gasteiger partial charge in [0.1, 0.15) is 6.04 Å². The Hall–Kier alpha value is -2.58. The molecule has 9 heteroatoms. The van der Waals surface area contributed by atoms with E-state index in [9.17, 15) is 23.5 Å². The van der Waals surface area contributed by atoms with E-state index in [1.54, 1.807) is 12.1 Å². The Morgan fingerprint density at radius 1 is 1.33 bits per heavy atom. The number of hydrogen-bond donors (Lipinski definition) is 2. The first kappa shape index (κ1) is 19.2. The Balaban J connectivity index is 1.71. The average molecular weight is 384 g/mol. The number of carboxylic acid groups (broad SMARTS) is 1. The van der Waals surface area contributed by atoms with Crippen molar-refractivity contribution in [2.45, 2.75) is 44.9 Å². The van der Waals surface area contributed by atoms with Gasteiger partial charge in [-0.3, -0.25) is 4.79 Å². The van der Waals surface area contributed by atoms with Gasteiger partial charge in [0.05, 0.1) is 6.61 Å². The van der Waals surface area contributed by atoms with Crippen LogP contribution in [0, 0.1) is 5.92 Å². The minimum atomic E-state index is -2.96. The largest absolute Gasteiger partial charge is 0.489 e. The van der Waals surface area contributed by atoms with Crippen LogP contribution < -0.4 is 14.8 Å². The maximum Gasteiger partial charge on any atom is 0.387 e. The second-order valence-electron chi connectivity index (χ2n) is 6.90. The Labute approximate surface area is 155 Å².